The summed E-state index contributed by atoms with van der Waals surface area (Å²) in [7, 11) is -4.84. The molecule has 0 radical (unpaired) electrons. The fourth-order valence-corrected chi connectivity index (χ4v) is 4.07. The summed E-state index contributed by atoms with van der Waals surface area (Å²) < 4.78 is 22.6. The fourth-order valence-electron chi connectivity index (χ4n) is 3.73. The Kier molecular flexibility index (Phi) is 6.91. The lowest BCUT2D eigenvalue weighted by Gasteiger charge is -2.19. The Morgan fingerprint density at radius 2 is 1.76 bits per heavy atom. The van der Waals surface area contributed by atoms with Gasteiger partial charge in [0.2, 0.25) is 0 Å². The average molecular weight is 491 g/mol. The van der Waals surface area contributed by atoms with Crippen molar-refractivity contribution in [3.63, 3.8) is 0 Å². The minimum atomic E-state index is -4.84. The molecule has 1 aliphatic rings. The van der Waals surface area contributed by atoms with Crippen LogP contribution >= 0.6 is 7.82 Å². The van der Waals surface area contributed by atoms with E-state index >= 15 is 0 Å². The van der Waals surface area contributed by atoms with Crippen molar-refractivity contribution in [2.45, 2.75) is 31.1 Å². The molecule has 2 aromatic heterocycles. The Bertz CT molecular complexity index is 1320. The molecule has 0 amide bonds. The molecule has 1 aliphatic heterocycles. The molecular formula is C21H22N3O9P. The molecule has 12 nitrogen and oxygen atoms in total. The van der Waals surface area contributed by atoms with Crippen molar-refractivity contribution in [1.29, 1.82) is 0 Å². The molecule has 0 aliphatic carbocycles. The molecule has 1 saturated heterocycles. The topological polar surface area (TPSA) is 173 Å². The number of benzene rings is 1. The van der Waals surface area contributed by atoms with Gasteiger partial charge in [-0.25, -0.2) is 9.36 Å². The van der Waals surface area contributed by atoms with E-state index in [1.165, 1.54) is 0 Å². The molecule has 0 bridgehead atoms. The van der Waals surface area contributed by atoms with Crippen LogP contribution in [-0.2, 0) is 20.4 Å². The van der Waals surface area contributed by atoms with Gasteiger partial charge in [-0.15, -0.1) is 0 Å². The minimum Gasteiger partial charge on any atom is -0.387 e. The van der Waals surface area contributed by atoms with Crippen molar-refractivity contribution in [3.05, 3.63) is 87.5 Å². The largest absolute Gasteiger partial charge is 0.469 e. The second-order valence-corrected chi connectivity index (χ2v) is 8.87. The molecule has 13 heteroatoms. The third-order valence-electron chi connectivity index (χ3n) is 5.40. The van der Waals surface area contributed by atoms with Crippen LogP contribution in [0.1, 0.15) is 11.9 Å². The number of aliphatic hydroxyl groups excluding tert-OH is 2. The van der Waals surface area contributed by atoms with E-state index in [0.717, 1.165) is 32.5 Å². The lowest BCUT2D eigenvalue weighted by molar-refractivity contribution is -0.0548. The molecule has 4 rings (SSSR count). The lowest BCUT2D eigenvalue weighted by atomic mass is 10.0. The van der Waals surface area contributed by atoms with Crippen LogP contribution in [0.3, 0.4) is 0 Å². The summed E-state index contributed by atoms with van der Waals surface area (Å²) in [5.41, 5.74) is 0.601. The van der Waals surface area contributed by atoms with Gasteiger partial charge in [0.05, 0.1) is 18.8 Å². The van der Waals surface area contributed by atoms with Gasteiger partial charge in [0.25, 0.3) is 5.56 Å². The van der Waals surface area contributed by atoms with Crippen LogP contribution in [0.15, 0.2) is 70.5 Å². The Labute approximate surface area is 192 Å². The summed E-state index contributed by atoms with van der Waals surface area (Å²) in [5.74, 6) is 0. The normalized spacial score (nSPS) is 22.7. The molecular weight excluding hydrogens is 469 g/mol. The van der Waals surface area contributed by atoms with E-state index in [0.29, 0.717) is 5.69 Å². The van der Waals surface area contributed by atoms with Gasteiger partial charge in [0.1, 0.15) is 18.3 Å². The average Bonchev–Trinajstić information content (AvgIpc) is 3.09. The first kappa shape index (κ1) is 24.2. The van der Waals surface area contributed by atoms with Crippen molar-refractivity contribution in [3.8, 4) is 11.1 Å². The van der Waals surface area contributed by atoms with Gasteiger partial charge in [0.15, 0.2) is 6.23 Å². The van der Waals surface area contributed by atoms with Crippen LogP contribution in [0, 0.1) is 0 Å². The maximum atomic E-state index is 13.2. The van der Waals surface area contributed by atoms with Gasteiger partial charge in [0, 0.05) is 24.0 Å². The Morgan fingerprint density at radius 3 is 2.47 bits per heavy atom. The van der Waals surface area contributed by atoms with Crippen LogP contribution in [0.2, 0.25) is 0 Å². The number of rotatable bonds is 7. The van der Waals surface area contributed by atoms with E-state index < -0.39 is 50.2 Å². The number of pyridine rings is 1. The fraction of sp³-hybridized carbons (Fsp3) is 0.286. The quantitative estimate of drug-likeness (QED) is 0.326. The molecule has 0 saturated carbocycles. The van der Waals surface area contributed by atoms with Gasteiger partial charge in [-0.2, -0.15) is 0 Å². The van der Waals surface area contributed by atoms with Crippen molar-refractivity contribution >= 4 is 7.82 Å². The van der Waals surface area contributed by atoms with Crippen LogP contribution in [-0.4, -0.2) is 59.0 Å². The number of aliphatic hydroxyl groups is 2. The molecule has 180 valence electrons. The van der Waals surface area contributed by atoms with E-state index in [2.05, 4.69) is 9.51 Å². The SMILES string of the molecule is O=c1ccn([C@@H]2O[C@H](COP(=O)(O)O)[C@H](O)C2O)c(=O)n1Cc1ncccc1-c1ccccc1. The first-order valence-electron chi connectivity index (χ1n) is 10.2. The standard InChI is InChI=1S/C21H22N3O9P/c25-17-8-10-23(20-19(27)18(26)16(33-20)12-32-34(29,30)31)21(28)24(17)11-15-14(7-4-9-22-15)13-5-2-1-3-6-13/h1-10,16,18-20,26-27H,11-12H2,(H2,29,30,31)/t16-,18+,19?,20-/m1/s1. The molecule has 34 heavy (non-hydrogen) atoms. The third kappa shape index (κ3) is 5.08. The van der Waals surface area contributed by atoms with Gasteiger partial charge >= 0.3 is 13.5 Å². The highest BCUT2D eigenvalue weighted by molar-refractivity contribution is 7.46. The van der Waals surface area contributed by atoms with E-state index in [1.54, 1.807) is 12.3 Å². The summed E-state index contributed by atoms with van der Waals surface area (Å²) in [5, 5.41) is 20.6. The predicted molar refractivity (Wildman–Crippen MR) is 118 cm³/mol. The summed E-state index contributed by atoms with van der Waals surface area (Å²) >= 11 is 0. The minimum absolute atomic E-state index is 0.167. The van der Waals surface area contributed by atoms with Crippen LogP contribution in [0.5, 0.6) is 0 Å². The number of phosphoric acid groups is 1. The van der Waals surface area contributed by atoms with Gasteiger partial charge in [-0.05, 0) is 11.6 Å². The lowest BCUT2D eigenvalue weighted by Crippen LogP contribution is -2.43. The number of hydrogen-bond donors (Lipinski definition) is 4. The van der Waals surface area contributed by atoms with Crippen molar-refractivity contribution < 1.29 is 33.8 Å². The van der Waals surface area contributed by atoms with E-state index in [9.17, 15) is 24.4 Å². The smallest absolute Gasteiger partial charge is 0.387 e. The molecule has 1 fully saturated rings. The molecule has 3 heterocycles. The molecule has 1 unspecified atom stereocenters. The highest BCUT2D eigenvalue weighted by Gasteiger charge is 2.45. The maximum Gasteiger partial charge on any atom is 0.469 e. The van der Waals surface area contributed by atoms with Gasteiger partial charge in [-0.3, -0.25) is 23.4 Å². The van der Waals surface area contributed by atoms with Crippen molar-refractivity contribution in [2.24, 2.45) is 0 Å². The van der Waals surface area contributed by atoms with Gasteiger partial charge < -0.3 is 24.7 Å². The first-order valence-corrected chi connectivity index (χ1v) is 11.7. The van der Waals surface area contributed by atoms with E-state index in [4.69, 9.17) is 14.5 Å². The molecule has 4 N–H and O–H groups in total. The Balaban J connectivity index is 1.65. The highest BCUT2D eigenvalue weighted by atomic mass is 31.2. The molecule has 3 aromatic rings. The van der Waals surface area contributed by atoms with Gasteiger partial charge in [-0.1, -0.05) is 36.4 Å². The molecule has 1 aromatic carbocycles. The number of aromatic nitrogens is 3. The summed E-state index contributed by atoms with van der Waals surface area (Å²) in [4.78, 5) is 47.8. The second-order valence-electron chi connectivity index (χ2n) is 7.63. The summed E-state index contributed by atoms with van der Waals surface area (Å²) in [6.07, 6.45) is -3.30. The Hall–Kier alpha value is -2.96. The van der Waals surface area contributed by atoms with Crippen LogP contribution in [0.25, 0.3) is 11.1 Å². The third-order valence-corrected chi connectivity index (χ3v) is 5.88. The summed E-state index contributed by atoms with van der Waals surface area (Å²) in [6, 6.07) is 14.0. The van der Waals surface area contributed by atoms with Crippen molar-refractivity contribution in [1.82, 2.24) is 14.1 Å². The zero-order valence-corrected chi connectivity index (χ0v) is 18.5. The second kappa shape index (κ2) is 9.72. The van der Waals surface area contributed by atoms with E-state index in [1.807, 2.05) is 36.4 Å². The highest BCUT2D eigenvalue weighted by Crippen LogP contribution is 2.38. The number of nitrogens with zero attached hydrogens (tertiary/aromatic N) is 3. The van der Waals surface area contributed by atoms with Crippen molar-refractivity contribution in [2.75, 3.05) is 6.61 Å². The first-order chi connectivity index (χ1) is 16.2. The van der Waals surface area contributed by atoms with E-state index in [-0.39, 0.29) is 6.54 Å². The Morgan fingerprint density at radius 1 is 1.03 bits per heavy atom. The number of hydrogen-bond acceptors (Lipinski definition) is 8. The zero-order valence-electron chi connectivity index (χ0n) is 17.6. The van der Waals surface area contributed by atoms with Crippen LogP contribution < -0.4 is 11.2 Å². The molecule has 4 atom stereocenters. The number of phosphoric ester groups is 1. The predicted octanol–water partition coefficient (Wildman–Crippen LogP) is -0.151. The monoisotopic (exact) mass is 491 g/mol. The maximum absolute atomic E-state index is 13.2. The molecule has 0 spiro atoms. The summed E-state index contributed by atoms with van der Waals surface area (Å²) in [6.45, 7) is -0.887. The van der Waals surface area contributed by atoms with Crippen LogP contribution in [0.4, 0.5) is 0 Å². The zero-order chi connectivity index (χ0) is 24.5. The number of ether oxygens (including phenoxy) is 1.